The predicted octanol–water partition coefficient (Wildman–Crippen LogP) is 2.38. The largest absolute Gasteiger partial charge is 0.496 e. The Morgan fingerprint density at radius 1 is 1.37 bits per heavy atom. The fourth-order valence-corrected chi connectivity index (χ4v) is 4.12. The standard InChI is InChI=1S/C22H23N5O3/c1-13-11-27(9-8-23-13)12-16-18(29-2)6-5-15-20(28)19(30-21(15)16)10-17-14-4-3-7-24-22(14)26-25-17/h3-7,10,13,23H,8-9,11-12H2,1-2H3,(H,24,25,26). The number of nitrogens with zero attached hydrogens (tertiary/aromatic N) is 3. The van der Waals surface area contributed by atoms with E-state index in [9.17, 15) is 4.79 Å². The highest BCUT2D eigenvalue weighted by atomic mass is 16.5. The van der Waals surface area contributed by atoms with Crippen molar-refractivity contribution in [3.8, 4) is 11.5 Å². The van der Waals surface area contributed by atoms with E-state index in [0.29, 0.717) is 35.2 Å². The summed E-state index contributed by atoms with van der Waals surface area (Å²) in [6.45, 7) is 5.62. The number of nitrogens with one attached hydrogen (secondary N) is 2. The van der Waals surface area contributed by atoms with Crippen molar-refractivity contribution in [1.29, 1.82) is 0 Å². The molecule has 1 atom stereocenters. The SMILES string of the molecule is COc1ccc2c(c1CN1CCNC(C)C1)OC(=Cc1n[nH]c3ncccc13)C2=O. The summed E-state index contributed by atoms with van der Waals surface area (Å²) in [7, 11) is 1.64. The van der Waals surface area contributed by atoms with E-state index >= 15 is 0 Å². The van der Waals surface area contributed by atoms with Crippen LogP contribution < -0.4 is 14.8 Å². The van der Waals surface area contributed by atoms with Crippen LogP contribution in [0.4, 0.5) is 0 Å². The third-order valence-electron chi connectivity index (χ3n) is 5.59. The van der Waals surface area contributed by atoms with Gasteiger partial charge in [0.15, 0.2) is 11.4 Å². The van der Waals surface area contributed by atoms with E-state index in [2.05, 4.69) is 32.3 Å². The maximum absolute atomic E-state index is 13.0. The predicted molar refractivity (Wildman–Crippen MR) is 113 cm³/mol. The summed E-state index contributed by atoms with van der Waals surface area (Å²) >= 11 is 0. The van der Waals surface area contributed by atoms with Gasteiger partial charge >= 0.3 is 0 Å². The zero-order valence-corrected chi connectivity index (χ0v) is 16.9. The van der Waals surface area contributed by atoms with E-state index < -0.39 is 0 Å². The van der Waals surface area contributed by atoms with Gasteiger partial charge in [0.25, 0.3) is 0 Å². The maximum atomic E-state index is 13.0. The molecule has 8 heteroatoms. The molecule has 0 bridgehead atoms. The van der Waals surface area contributed by atoms with Crippen molar-refractivity contribution >= 4 is 22.9 Å². The van der Waals surface area contributed by atoms with Crippen LogP contribution >= 0.6 is 0 Å². The second-order valence-electron chi connectivity index (χ2n) is 7.66. The lowest BCUT2D eigenvalue weighted by Crippen LogP contribution is -2.48. The Balaban J connectivity index is 1.50. The number of fused-ring (bicyclic) bond motifs is 2. The molecule has 4 heterocycles. The van der Waals surface area contributed by atoms with Gasteiger partial charge in [-0.3, -0.25) is 14.8 Å². The normalized spacial score (nSPS) is 20.5. The van der Waals surface area contributed by atoms with Crippen molar-refractivity contribution < 1.29 is 14.3 Å². The average molecular weight is 405 g/mol. The number of hydrogen-bond donors (Lipinski definition) is 2. The molecule has 30 heavy (non-hydrogen) atoms. The molecule has 3 aromatic rings. The number of carbonyl (C=O) groups is 1. The number of rotatable bonds is 4. The maximum Gasteiger partial charge on any atom is 0.232 e. The van der Waals surface area contributed by atoms with Crippen LogP contribution in [-0.2, 0) is 6.54 Å². The van der Waals surface area contributed by atoms with Crippen molar-refractivity contribution in [2.75, 3.05) is 26.7 Å². The van der Waals surface area contributed by atoms with E-state index in [4.69, 9.17) is 9.47 Å². The molecule has 2 aliphatic heterocycles. The van der Waals surface area contributed by atoms with E-state index in [1.54, 1.807) is 25.4 Å². The number of benzene rings is 1. The van der Waals surface area contributed by atoms with Gasteiger partial charge in [-0.2, -0.15) is 5.10 Å². The molecule has 0 radical (unpaired) electrons. The molecule has 1 unspecified atom stereocenters. The van der Waals surface area contributed by atoms with Crippen molar-refractivity contribution in [2.45, 2.75) is 19.5 Å². The molecule has 154 valence electrons. The van der Waals surface area contributed by atoms with Gasteiger partial charge in [-0.1, -0.05) is 0 Å². The molecule has 1 fully saturated rings. The number of pyridine rings is 1. The number of aromatic amines is 1. The summed E-state index contributed by atoms with van der Waals surface area (Å²) in [4.78, 5) is 19.6. The van der Waals surface area contributed by atoms with Crippen molar-refractivity contribution in [3.63, 3.8) is 0 Å². The van der Waals surface area contributed by atoms with Crippen LogP contribution in [0, 0.1) is 0 Å². The van der Waals surface area contributed by atoms with Crippen molar-refractivity contribution in [1.82, 2.24) is 25.4 Å². The fraction of sp³-hybridized carbons (Fsp3) is 0.318. The highest BCUT2D eigenvalue weighted by Crippen LogP contribution is 2.40. The van der Waals surface area contributed by atoms with Gasteiger partial charge < -0.3 is 14.8 Å². The quantitative estimate of drug-likeness (QED) is 0.644. The van der Waals surface area contributed by atoms with Crippen LogP contribution in [0.25, 0.3) is 17.1 Å². The van der Waals surface area contributed by atoms with Gasteiger partial charge in [0.2, 0.25) is 5.78 Å². The molecule has 1 aromatic carbocycles. The minimum absolute atomic E-state index is 0.150. The zero-order valence-electron chi connectivity index (χ0n) is 16.9. The molecule has 0 spiro atoms. The third kappa shape index (κ3) is 3.24. The van der Waals surface area contributed by atoms with Crippen molar-refractivity contribution in [2.24, 2.45) is 0 Å². The molecule has 2 N–H and O–H groups in total. The number of piperazine rings is 1. The highest BCUT2D eigenvalue weighted by Gasteiger charge is 2.32. The number of methoxy groups -OCH3 is 1. The number of H-pyrrole nitrogens is 1. The molecular formula is C22H23N5O3. The average Bonchev–Trinajstić information content (AvgIpc) is 3.30. The Morgan fingerprint density at radius 3 is 3.10 bits per heavy atom. The van der Waals surface area contributed by atoms with Gasteiger partial charge in [-0.15, -0.1) is 0 Å². The molecule has 0 aliphatic carbocycles. The second kappa shape index (κ2) is 7.55. The van der Waals surface area contributed by atoms with Crippen LogP contribution in [0.1, 0.15) is 28.5 Å². The summed E-state index contributed by atoms with van der Waals surface area (Å²) in [5, 5.41) is 11.4. The minimum Gasteiger partial charge on any atom is -0.496 e. The van der Waals surface area contributed by atoms with Crippen LogP contribution in [0.3, 0.4) is 0 Å². The highest BCUT2D eigenvalue weighted by molar-refractivity contribution is 6.15. The lowest BCUT2D eigenvalue weighted by molar-refractivity contribution is 0.101. The van der Waals surface area contributed by atoms with Gasteiger partial charge in [0, 0.05) is 49.9 Å². The van der Waals surface area contributed by atoms with Gasteiger partial charge in [-0.25, -0.2) is 4.98 Å². The molecule has 5 rings (SSSR count). The summed E-state index contributed by atoms with van der Waals surface area (Å²) < 4.78 is 11.7. The zero-order chi connectivity index (χ0) is 20.7. The summed E-state index contributed by atoms with van der Waals surface area (Å²) in [6, 6.07) is 7.78. The number of carbonyl (C=O) groups excluding carboxylic acids is 1. The van der Waals surface area contributed by atoms with Crippen LogP contribution in [0.2, 0.25) is 0 Å². The molecule has 0 saturated carbocycles. The molecule has 0 amide bonds. The molecule has 2 aliphatic rings. The Morgan fingerprint density at radius 2 is 2.27 bits per heavy atom. The third-order valence-corrected chi connectivity index (χ3v) is 5.59. The first-order valence-corrected chi connectivity index (χ1v) is 10.0. The van der Waals surface area contributed by atoms with E-state index in [-0.39, 0.29) is 11.5 Å². The van der Waals surface area contributed by atoms with E-state index in [1.807, 2.05) is 18.2 Å². The number of ketones is 1. The van der Waals surface area contributed by atoms with Gasteiger partial charge in [-0.05, 0) is 31.2 Å². The van der Waals surface area contributed by atoms with Crippen LogP contribution in [0.5, 0.6) is 11.5 Å². The van der Waals surface area contributed by atoms with Crippen molar-refractivity contribution in [3.05, 3.63) is 53.0 Å². The summed E-state index contributed by atoms with van der Waals surface area (Å²) in [5.74, 6) is 1.41. The topological polar surface area (TPSA) is 92.4 Å². The molecule has 1 saturated heterocycles. The lowest BCUT2D eigenvalue weighted by atomic mass is 10.0. The summed E-state index contributed by atoms with van der Waals surface area (Å²) in [6.07, 6.45) is 3.37. The monoisotopic (exact) mass is 405 g/mol. The van der Waals surface area contributed by atoms with E-state index in [1.165, 1.54) is 0 Å². The fourth-order valence-electron chi connectivity index (χ4n) is 4.12. The number of hydrogen-bond acceptors (Lipinski definition) is 7. The molecule has 2 aromatic heterocycles. The first-order valence-electron chi connectivity index (χ1n) is 10.0. The van der Waals surface area contributed by atoms with Gasteiger partial charge in [0.1, 0.15) is 11.5 Å². The number of aromatic nitrogens is 3. The Bertz CT molecular complexity index is 1150. The van der Waals surface area contributed by atoms with E-state index in [0.717, 1.165) is 36.3 Å². The summed E-state index contributed by atoms with van der Waals surface area (Å²) in [5.41, 5.74) is 2.74. The van der Waals surface area contributed by atoms with Crippen LogP contribution in [0.15, 0.2) is 36.2 Å². The van der Waals surface area contributed by atoms with Crippen LogP contribution in [-0.4, -0.2) is 58.7 Å². The minimum atomic E-state index is -0.150. The lowest BCUT2D eigenvalue weighted by Gasteiger charge is -2.32. The first kappa shape index (κ1) is 18.8. The smallest absolute Gasteiger partial charge is 0.232 e. The number of allylic oxidation sites excluding steroid dienone is 1. The Kier molecular flexibility index (Phi) is 4.72. The molecular weight excluding hydrogens is 382 g/mol. The number of ether oxygens (including phenoxy) is 2. The Labute approximate surface area is 173 Å². The number of Topliss-reactive ketones (excluding diaryl/α,β-unsaturated/α-hetero) is 1. The van der Waals surface area contributed by atoms with Gasteiger partial charge in [0.05, 0.1) is 23.9 Å². The molecule has 8 nitrogen and oxygen atoms in total. The Hall–Kier alpha value is -3.23. The second-order valence-corrected chi connectivity index (χ2v) is 7.66. The first-order chi connectivity index (χ1) is 14.6.